The molecule has 0 saturated heterocycles. The van der Waals surface area contributed by atoms with E-state index in [2.05, 4.69) is 10.3 Å². The van der Waals surface area contributed by atoms with Crippen molar-refractivity contribution in [3.63, 3.8) is 0 Å². The van der Waals surface area contributed by atoms with Gasteiger partial charge in [0.25, 0.3) is 0 Å². The molecule has 0 spiro atoms. The van der Waals surface area contributed by atoms with Gasteiger partial charge in [0.15, 0.2) is 0 Å². The van der Waals surface area contributed by atoms with Crippen molar-refractivity contribution in [2.45, 2.75) is 11.8 Å². The molecule has 2 amide bonds. The molecule has 43 heavy (non-hydrogen) atoms. The number of rotatable bonds is 8. The van der Waals surface area contributed by atoms with E-state index in [9.17, 15) is 14.0 Å². The number of nitrogens with zero attached hydrogens (tertiary/aromatic N) is 4. The van der Waals surface area contributed by atoms with Gasteiger partial charge in [0, 0.05) is 35.6 Å². The fourth-order valence-corrected chi connectivity index (χ4v) is 6.34. The highest BCUT2D eigenvalue weighted by Gasteiger charge is 2.38. The minimum atomic E-state index is -0.392. The van der Waals surface area contributed by atoms with Crippen LogP contribution in [0.3, 0.4) is 0 Å². The number of fused-ring (bicyclic) bond motifs is 1. The Balaban J connectivity index is 1.53. The van der Waals surface area contributed by atoms with Crippen LogP contribution in [0.4, 0.5) is 10.2 Å². The zero-order chi connectivity index (χ0) is 29.8. The SMILES string of the molecule is COc1ccccc1[C@H]1SCC(=O)N(CC(=O)NCc2ccncc2)c2c1c(-c1ccccc1)nn2-c1ccc(F)cc1. The molecule has 0 aliphatic carbocycles. The third-order valence-corrected chi connectivity index (χ3v) is 8.41. The minimum Gasteiger partial charge on any atom is -0.496 e. The number of benzene rings is 3. The van der Waals surface area contributed by atoms with E-state index in [4.69, 9.17) is 9.84 Å². The molecular formula is C33H28FN5O3S. The lowest BCUT2D eigenvalue weighted by atomic mass is 9.99. The second-order valence-corrected chi connectivity index (χ2v) is 11.0. The molecule has 0 saturated carbocycles. The standard InChI is InChI=1S/C33H28FN5O3S/c1-42-27-10-6-5-9-26(27)32-30-31(23-7-3-2-4-8-23)37-39(25-13-11-24(34)12-14-25)33(30)38(29(41)21-43-32)20-28(40)36-19-22-15-17-35-18-16-22/h2-18,32H,19-21H2,1H3,(H,36,40)/t32-/m1/s1. The third kappa shape index (κ3) is 5.87. The number of halogens is 1. The number of anilines is 1. The van der Waals surface area contributed by atoms with Gasteiger partial charge in [0.2, 0.25) is 11.8 Å². The molecule has 8 nitrogen and oxygen atoms in total. The summed E-state index contributed by atoms with van der Waals surface area (Å²) in [7, 11) is 1.62. The summed E-state index contributed by atoms with van der Waals surface area (Å²) in [5.74, 6) is 0.282. The number of carbonyl (C=O) groups excluding carboxylic acids is 2. The minimum absolute atomic E-state index is 0.118. The van der Waals surface area contributed by atoms with Crippen LogP contribution in [0, 0.1) is 5.82 Å². The van der Waals surface area contributed by atoms with Crippen molar-refractivity contribution >= 4 is 29.4 Å². The molecule has 0 fully saturated rings. The highest BCUT2D eigenvalue weighted by molar-refractivity contribution is 8.00. The van der Waals surface area contributed by atoms with Crippen molar-refractivity contribution in [1.29, 1.82) is 0 Å². The number of aromatic nitrogens is 3. The van der Waals surface area contributed by atoms with Crippen LogP contribution in [0.25, 0.3) is 16.9 Å². The monoisotopic (exact) mass is 593 g/mol. The molecule has 3 aromatic carbocycles. The van der Waals surface area contributed by atoms with Crippen LogP contribution in [0.1, 0.15) is 21.9 Å². The largest absolute Gasteiger partial charge is 0.496 e. The number of para-hydroxylation sites is 1. The average molecular weight is 594 g/mol. The fraction of sp³-hybridized carbons (Fsp3) is 0.152. The Morgan fingerprint density at radius 1 is 1.00 bits per heavy atom. The summed E-state index contributed by atoms with van der Waals surface area (Å²) in [5, 5.41) is 7.59. The molecule has 1 aliphatic heterocycles. The smallest absolute Gasteiger partial charge is 0.240 e. The summed E-state index contributed by atoms with van der Waals surface area (Å²) >= 11 is 1.46. The lowest BCUT2D eigenvalue weighted by molar-refractivity contribution is -0.123. The van der Waals surface area contributed by atoms with Crippen LogP contribution in [0.5, 0.6) is 5.75 Å². The highest BCUT2D eigenvalue weighted by Crippen LogP contribution is 2.50. The Morgan fingerprint density at radius 2 is 1.72 bits per heavy atom. The van der Waals surface area contributed by atoms with Crippen LogP contribution >= 0.6 is 11.8 Å². The van der Waals surface area contributed by atoms with Crippen molar-refractivity contribution < 1.29 is 18.7 Å². The Labute approximate surface area is 252 Å². The van der Waals surface area contributed by atoms with E-state index in [1.54, 1.807) is 36.3 Å². The van der Waals surface area contributed by atoms with E-state index in [1.165, 1.54) is 28.8 Å². The van der Waals surface area contributed by atoms with Gasteiger partial charge >= 0.3 is 0 Å². The van der Waals surface area contributed by atoms with Crippen molar-refractivity contribution in [3.05, 3.63) is 126 Å². The van der Waals surface area contributed by atoms with E-state index in [0.717, 1.165) is 22.3 Å². The number of methoxy groups -OCH3 is 1. The van der Waals surface area contributed by atoms with E-state index in [-0.39, 0.29) is 29.4 Å². The topological polar surface area (TPSA) is 89.3 Å². The Hall–Kier alpha value is -4.96. The summed E-state index contributed by atoms with van der Waals surface area (Å²) in [6.45, 7) is 0.0680. The van der Waals surface area contributed by atoms with Gasteiger partial charge < -0.3 is 10.1 Å². The predicted molar refractivity (Wildman–Crippen MR) is 165 cm³/mol. The number of pyridine rings is 1. The van der Waals surface area contributed by atoms with Crippen molar-refractivity contribution in [3.8, 4) is 22.7 Å². The number of carbonyl (C=O) groups is 2. The summed E-state index contributed by atoms with van der Waals surface area (Å²) in [4.78, 5) is 32.7. The lowest BCUT2D eigenvalue weighted by Crippen LogP contribution is -2.42. The van der Waals surface area contributed by atoms with E-state index >= 15 is 0 Å². The summed E-state index contributed by atoms with van der Waals surface area (Å²) in [5.41, 5.74) is 4.58. The van der Waals surface area contributed by atoms with Crippen LogP contribution in [-0.2, 0) is 16.1 Å². The number of amides is 2. The normalized spacial score (nSPS) is 14.6. The molecule has 2 aromatic heterocycles. The van der Waals surface area contributed by atoms with Gasteiger partial charge in [-0.25, -0.2) is 9.07 Å². The maximum atomic E-state index is 14.0. The number of ether oxygens (including phenoxy) is 1. The lowest BCUT2D eigenvalue weighted by Gasteiger charge is -2.23. The zero-order valence-corrected chi connectivity index (χ0v) is 24.1. The molecular weight excluding hydrogens is 565 g/mol. The van der Waals surface area contributed by atoms with E-state index in [1.807, 2.05) is 66.7 Å². The first-order valence-corrected chi connectivity index (χ1v) is 14.7. The van der Waals surface area contributed by atoms with Gasteiger partial charge in [0.05, 0.1) is 29.5 Å². The van der Waals surface area contributed by atoms with Gasteiger partial charge in [-0.15, -0.1) is 11.8 Å². The molecule has 6 rings (SSSR count). The Morgan fingerprint density at radius 3 is 2.47 bits per heavy atom. The van der Waals surface area contributed by atoms with Gasteiger partial charge in [-0.3, -0.25) is 19.5 Å². The van der Waals surface area contributed by atoms with Crippen molar-refractivity contribution in [1.82, 2.24) is 20.1 Å². The second-order valence-electron chi connectivity index (χ2n) is 9.89. The second kappa shape index (κ2) is 12.5. The highest BCUT2D eigenvalue weighted by atomic mass is 32.2. The average Bonchev–Trinajstić information content (AvgIpc) is 3.37. The third-order valence-electron chi connectivity index (χ3n) is 7.17. The molecule has 1 aliphatic rings. The molecule has 0 radical (unpaired) electrons. The molecule has 10 heteroatoms. The van der Waals surface area contributed by atoms with Crippen LogP contribution in [0.15, 0.2) is 103 Å². The van der Waals surface area contributed by atoms with Gasteiger partial charge in [0.1, 0.15) is 23.9 Å². The number of hydrogen-bond donors (Lipinski definition) is 1. The van der Waals surface area contributed by atoms with Crippen LogP contribution < -0.4 is 15.0 Å². The van der Waals surface area contributed by atoms with E-state index < -0.39 is 5.82 Å². The number of hydrogen-bond acceptors (Lipinski definition) is 6. The molecule has 0 unspecified atom stereocenters. The van der Waals surface area contributed by atoms with E-state index in [0.29, 0.717) is 29.5 Å². The Kier molecular flexibility index (Phi) is 8.19. The number of nitrogens with one attached hydrogen (secondary N) is 1. The van der Waals surface area contributed by atoms with Crippen LogP contribution in [-0.4, -0.2) is 46.0 Å². The van der Waals surface area contributed by atoms with Crippen LogP contribution in [0.2, 0.25) is 0 Å². The number of thioether (sulfide) groups is 1. The van der Waals surface area contributed by atoms with Crippen molar-refractivity contribution in [2.75, 3.05) is 24.3 Å². The zero-order valence-electron chi connectivity index (χ0n) is 23.3. The predicted octanol–water partition coefficient (Wildman–Crippen LogP) is 5.57. The van der Waals surface area contributed by atoms with Gasteiger partial charge in [-0.2, -0.15) is 5.10 Å². The Bertz CT molecular complexity index is 1750. The summed E-state index contributed by atoms with van der Waals surface area (Å²) < 4.78 is 21.4. The molecule has 3 heterocycles. The first kappa shape index (κ1) is 28.2. The molecule has 1 N–H and O–H groups in total. The summed E-state index contributed by atoms with van der Waals surface area (Å²) in [6.07, 6.45) is 3.32. The first-order chi connectivity index (χ1) is 21.0. The molecule has 5 aromatic rings. The fourth-order valence-electron chi connectivity index (χ4n) is 5.12. The molecule has 1 atom stereocenters. The quantitative estimate of drug-likeness (QED) is 0.253. The first-order valence-electron chi connectivity index (χ1n) is 13.7. The van der Waals surface area contributed by atoms with Crippen molar-refractivity contribution in [2.24, 2.45) is 0 Å². The maximum absolute atomic E-state index is 14.0. The molecule has 0 bridgehead atoms. The molecule has 216 valence electrons. The van der Waals surface area contributed by atoms with Gasteiger partial charge in [-0.1, -0.05) is 48.5 Å². The summed E-state index contributed by atoms with van der Waals surface area (Å²) in [6, 6.07) is 27.0. The van der Waals surface area contributed by atoms with Gasteiger partial charge in [-0.05, 0) is 48.0 Å². The maximum Gasteiger partial charge on any atom is 0.240 e.